The lowest BCUT2D eigenvalue weighted by atomic mass is 10.0. The lowest BCUT2D eigenvalue weighted by Crippen LogP contribution is -2.37. The molecule has 0 aromatic rings. The SMILES string of the molecule is CCCCCCCCC(CC)OC(=O)CCCCCCCN(CCCCCCCC(=O)OC(CCCCCCCC)CCCCCCCC)CCCN/C1=C/CCCC(=O)NC1=O. The van der Waals surface area contributed by atoms with Crippen LogP contribution in [-0.2, 0) is 28.7 Å². The lowest BCUT2D eigenvalue weighted by Gasteiger charge is -2.23. The van der Waals surface area contributed by atoms with E-state index in [4.69, 9.17) is 9.47 Å². The second-order valence-corrected chi connectivity index (χ2v) is 18.8. The smallest absolute Gasteiger partial charge is 0.306 e. The Kier molecular flexibility index (Phi) is 40.4. The van der Waals surface area contributed by atoms with Gasteiger partial charge in [0.2, 0.25) is 5.91 Å². The molecular formula is C54H101N3O6. The molecule has 0 saturated heterocycles. The van der Waals surface area contributed by atoms with Gasteiger partial charge < -0.3 is 19.7 Å². The van der Waals surface area contributed by atoms with Gasteiger partial charge in [-0.05, 0) is 110 Å². The number of carbonyl (C=O) groups is 4. The molecule has 2 N–H and O–H groups in total. The Morgan fingerprint density at radius 1 is 0.556 bits per heavy atom. The first-order chi connectivity index (χ1) is 30.8. The third-order valence-electron chi connectivity index (χ3n) is 12.8. The van der Waals surface area contributed by atoms with Crippen molar-refractivity contribution in [3.63, 3.8) is 0 Å². The molecule has 1 rings (SSSR count). The number of unbranched alkanes of at least 4 members (excludes halogenated alkanes) is 23. The maximum Gasteiger partial charge on any atom is 0.306 e. The standard InChI is InChI=1S/C54H101N3O6/c1-5-9-12-15-20-27-37-48(8-4)62-52(59)42-30-23-18-25-34-45-57(47-36-44-55-50-40-32-33-41-51(58)56-54(50)61)46-35-26-19-24-31-43-53(60)63-49(38-28-21-16-13-10-6-2)39-29-22-17-14-11-7-3/h40,48-49,55H,5-39,41-47H2,1-4H3,(H,56,58,61)/b50-40+. The molecule has 0 fully saturated rings. The highest BCUT2D eigenvalue weighted by atomic mass is 16.5. The van der Waals surface area contributed by atoms with Crippen molar-refractivity contribution >= 4 is 23.8 Å². The fourth-order valence-corrected chi connectivity index (χ4v) is 8.70. The molecule has 0 radical (unpaired) electrons. The van der Waals surface area contributed by atoms with Gasteiger partial charge in [0.25, 0.3) is 5.91 Å². The predicted molar refractivity (Wildman–Crippen MR) is 264 cm³/mol. The molecule has 9 heteroatoms. The number of rotatable bonds is 45. The highest BCUT2D eigenvalue weighted by Crippen LogP contribution is 2.19. The van der Waals surface area contributed by atoms with Crippen LogP contribution in [0.3, 0.4) is 0 Å². The summed E-state index contributed by atoms with van der Waals surface area (Å²) in [4.78, 5) is 52.4. The molecule has 0 saturated carbocycles. The number of ether oxygens (including phenoxy) is 2. The van der Waals surface area contributed by atoms with Crippen LogP contribution in [0.25, 0.3) is 0 Å². The van der Waals surface area contributed by atoms with Gasteiger partial charge in [-0.15, -0.1) is 0 Å². The van der Waals surface area contributed by atoms with Crippen LogP contribution in [0.15, 0.2) is 11.8 Å². The zero-order valence-electron chi connectivity index (χ0n) is 41.8. The second kappa shape index (κ2) is 43.5. The number of nitrogens with one attached hydrogen (secondary N) is 2. The Bertz CT molecular complexity index is 1130. The zero-order valence-corrected chi connectivity index (χ0v) is 41.8. The minimum absolute atomic E-state index is 0.000123. The summed E-state index contributed by atoms with van der Waals surface area (Å²) in [6, 6.07) is 0. The summed E-state index contributed by atoms with van der Waals surface area (Å²) in [7, 11) is 0. The van der Waals surface area contributed by atoms with Crippen molar-refractivity contribution in [1.82, 2.24) is 15.5 Å². The molecule has 0 bridgehead atoms. The summed E-state index contributed by atoms with van der Waals surface area (Å²) in [5.74, 6) is -0.552. The minimum Gasteiger partial charge on any atom is -0.462 e. The molecule has 0 aromatic carbocycles. The van der Waals surface area contributed by atoms with Gasteiger partial charge in [-0.1, -0.05) is 169 Å². The molecular weight excluding hydrogens is 787 g/mol. The minimum atomic E-state index is -0.322. The van der Waals surface area contributed by atoms with E-state index in [1.165, 1.54) is 109 Å². The van der Waals surface area contributed by atoms with E-state index in [1.807, 2.05) is 6.08 Å². The van der Waals surface area contributed by atoms with Crippen LogP contribution in [0.2, 0.25) is 0 Å². The van der Waals surface area contributed by atoms with Crippen molar-refractivity contribution in [3.8, 4) is 0 Å². The summed E-state index contributed by atoms with van der Waals surface area (Å²) < 4.78 is 11.9. The number of esters is 2. The van der Waals surface area contributed by atoms with Crippen LogP contribution in [-0.4, -0.2) is 67.0 Å². The van der Waals surface area contributed by atoms with Crippen LogP contribution in [0.1, 0.15) is 272 Å². The number of amides is 2. The van der Waals surface area contributed by atoms with Gasteiger partial charge >= 0.3 is 11.9 Å². The van der Waals surface area contributed by atoms with Crippen molar-refractivity contribution in [1.29, 1.82) is 0 Å². The number of carbonyl (C=O) groups excluding carboxylic acids is 4. The van der Waals surface area contributed by atoms with Gasteiger partial charge in [0, 0.05) is 25.8 Å². The van der Waals surface area contributed by atoms with Crippen LogP contribution in [0.4, 0.5) is 0 Å². The van der Waals surface area contributed by atoms with Gasteiger partial charge in [0.1, 0.15) is 12.2 Å². The van der Waals surface area contributed by atoms with E-state index in [1.54, 1.807) is 0 Å². The normalized spacial score (nSPS) is 14.6. The monoisotopic (exact) mass is 888 g/mol. The fourth-order valence-electron chi connectivity index (χ4n) is 8.70. The van der Waals surface area contributed by atoms with E-state index in [9.17, 15) is 19.2 Å². The van der Waals surface area contributed by atoms with Crippen molar-refractivity contribution in [3.05, 3.63) is 11.8 Å². The average Bonchev–Trinajstić information content (AvgIpc) is 3.27. The van der Waals surface area contributed by atoms with E-state index in [0.717, 1.165) is 135 Å². The number of hydrogen-bond donors (Lipinski definition) is 2. The number of nitrogens with zero attached hydrogens (tertiary/aromatic N) is 1. The molecule has 63 heavy (non-hydrogen) atoms. The molecule has 2 amide bonds. The van der Waals surface area contributed by atoms with E-state index < -0.39 is 0 Å². The molecule has 1 atom stereocenters. The molecule has 1 unspecified atom stereocenters. The molecule has 9 nitrogen and oxygen atoms in total. The Morgan fingerprint density at radius 2 is 0.968 bits per heavy atom. The van der Waals surface area contributed by atoms with Gasteiger partial charge in [-0.3, -0.25) is 24.5 Å². The number of imide groups is 1. The summed E-state index contributed by atoms with van der Waals surface area (Å²) in [5.41, 5.74) is 0.511. The molecule has 368 valence electrons. The van der Waals surface area contributed by atoms with Crippen LogP contribution < -0.4 is 10.6 Å². The molecule has 1 aliphatic heterocycles. The van der Waals surface area contributed by atoms with Crippen molar-refractivity contribution in [2.24, 2.45) is 0 Å². The first-order valence-electron chi connectivity index (χ1n) is 27.2. The van der Waals surface area contributed by atoms with Crippen molar-refractivity contribution in [2.45, 2.75) is 284 Å². The Labute approximate surface area is 388 Å². The molecule has 1 aliphatic rings. The van der Waals surface area contributed by atoms with E-state index >= 15 is 0 Å². The highest BCUT2D eigenvalue weighted by molar-refractivity contribution is 6.04. The zero-order chi connectivity index (χ0) is 45.9. The Morgan fingerprint density at radius 3 is 1.46 bits per heavy atom. The first-order valence-corrected chi connectivity index (χ1v) is 27.2. The molecule has 0 aromatic heterocycles. The summed E-state index contributed by atoms with van der Waals surface area (Å²) in [6.45, 7) is 12.6. The van der Waals surface area contributed by atoms with Gasteiger partial charge in [0.05, 0.1) is 5.70 Å². The quantitative estimate of drug-likeness (QED) is 0.0353. The van der Waals surface area contributed by atoms with E-state index in [0.29, 0.717) is 31.5 Å². The van der Waals surface area contributed by atoms with Crippen molar-refractivity contribution < 1.29 is 28.7 Å². The van der Waals surface area contributed by atoms with Gasteiger partial charge in [-0.25, -0.2) is 0 Å². The predicted octanol–water partition coefficient (Wildman–Crippen LogP) is 14.1. The number of allylic oxidation sites excluding steroid dienone is 1. The van der Waals surface area contributed by atoms with E-state index in [-0.39, 0.29) is 36.0 Å². The molecule has 1 heterocycles. The Balaban J connectivity index is 2.45. The largest absolute Gasteiger partial charge is 0.462 e. The summed E-state index contributed by atoms with van der Waals surface area (Å²) >= 11 is 0. The highest BCUT2D eigenvalue weighted by Gasteiger charge is 2.17. The van der Waals surface area contributed by atoms with Crippen LogP contribution in [0, 0.1) is 0 Å². The molecule has 0 aliphatic carbocycles. The topological polar surface area (TPSA) is 114 Å². The summed E-state index contributed by atoms with van der Waals surface area (Å²) in [6.07, 6.45) is 43.4. The van der Waals surface area contributed by atoms with E-state index in [2.05, 4.69) is 43.2 Å². The first kappa shape index (κ1) is 58.6. The van der Waals surface area contributed by atoms with Crippen LogP contribution in [0.5, 0.6) is 0 Å². The number of hydrogen-bond acceptors (Lipinski definition) is 8. The van der Waals surface area contributed by atoms with Gasteiger partial charge in [0.15, 0.2) is 0 Å². The maximum absolute atomic E-state index is 12.9. The average molecular weight is 888 g/mol. The third kappa shape index (κ3) is 36.5. The lowest BCUT2D eigenvalue weighted by molar-refractivity contribution is -0.150. The Hall–Kier alpha value is -2.42. The third-order valence-corrected chi connectivity index (χ3v) is 12.8. The van der Waals surface area contributed by atoms with Gasteiger partial charge in [-0.2, -0.15) is 0 Å². The van der Waals surface area contributed by atoms with Crippen LogP contribution >= 0.6 is 0 Å². The second-order valence-electron chi connectivity index (χ2n) is 18.8. The fraction of sp³-hybridized carbons (Fsp3) is 0.889. The molecule has 0 spiro atoms. The summed E-state index contributed by atoms with van der Waals surface area (Å²) in [5, 5.41) is 5.78. The van der Waals surface area contributed by atoms with Crippen molar-refractivity contribution in [2.75, 3.05) is 26.2 Å². The maximum atomic E-state index is 12.9.